The number of nitrogens with one attached hydrogen (secondary N) is 1. The van der Waals surface area contributed by atoms with Crippen molar-refractivity contribution in [1.82, 2.24) is 9.78 Å². The molecule has 0 atom stereocenters. The maximum absolute atomic E-state index is 12.2. The molecular formula is C10H13BrF3N3O3. The molecule has 1 heterocycles. The van der Waals surface area contributed by atoms with Gasteiger partial charge in [0, 0.05) is 0 Å². The summed E-state index contributed by atoms with van der Waals surface area (Å²) in [6.45, 7) is -0.911. The first-order valence-corrected chi connectivity index (χ1v) is 6.23. The average molecular weight is 360 g/mol. The largest absolute Gasteiger partial charge is 0.408 e. The molecule has 10 heteroatoms. The van der Waals surface area contributed by atoms with Crippen molar-refractivity contribution in [3.05, 3.63) is 21.0 Å². The third-order valence-corrected chi connectivity index (χ3v) is 3.21. The number of rotatable bonds is 5. The zero-order chi connectivity index (χ0) is 15.6. The molecule has 20 heavy (non-hydrogen) atoms. The molecule has 0 aliphatic carbocycles. The van der Waals surface area contributed by atoms with Crippen LogP contribution < -0.4 is 10.9 Å². The number of hydrogen-bond acceptors (Lipinski definition) is 5. The Morgan fingerprint density at radius 1 is 1.40 bits per heavy atom. The van der Waals surface area contributed by atoms with E-state index in [0.717, 1.165) is 6.20 Å². The lowest BCUT2D eigenvalue weighted by Crippen LogP contribution is -2.43. The summed E-state index contributed by atoms with van der Waals surface area (Å²) in [7, 11) is 0. The number of aliphatic hydroxyl groups is 2. The van der Waals surface area contributed by atoms with Crippen molar-refractivity contribution < 1.29 is 23.4 Å². The van der Waals surface area contributed by atoms with Gasteiger partial charge in [-0.3, -0.25) is 4.79 Å². The monoisotopic (exact) mass is 359 g/mol. The van der Waals surface area contributed by atoms with E-state index < -0.39 is 37.0 Å². The van der Waals surface area contributed by atoms with Crippen LogP contribution >= 0.6 is 15.9 Å². The maximum Gasteiger partial charge on any atom is 0.408 e. The van der Waals surface area contributed by atoms with E-state index in [-0.39, 0.29) is 14.8 Å². The van der Waals surface area contributed by atoms with Gasteiger partial charge in [0.25, 0.3) is 5.56 Å². The summed E-state index contributed by atoms with van der Waals surface area (Å²) in [5.41, 5.74) is -2.02. The Labute approximate surface area is 120 Å². The minimum atomic E-state index is -4.56. The fourth-order valence-electron chi connectivity index (χ4n) is 1.29. The molecular weight excluding hydrogens is 347 g/mol. The van der Waals surface area contributed by atoms with E-state index in [1.165, 1.54) is 6.92 Å². The number of hydrogen-bond donors (Lipinski definition) is 3. The minimum Gasteiger partial charge on any atom is -0.394 e. The van der Waals surface area contributed by atoms with Gasteiger partial charge in [0.2, 0.25) is 0 Å². The highest BCUT2D eigenvalue weighted by Gasteiger charge is 2.30. The molecule has 3 N–H and O–H groups in total. The van der Waals surface area contributed by atoms with Crippen LogP contribution in [0.2, 0.25) is 0 Å². The van der Waals surface area contributed by atoms with Gasteiger partial charge in [0.1, 0.15) is 11.0 Å². The van der Waals surface area contributed by atoms with Crippen molar-refractivity contribution in [1.29, 1.82) is 0 Å². The van der Waals surface area contributed by atoms with E-state index in [9.17, 15) is 18.0 Å². The number of aromatic nitrogens is 2. The van der Waals surface area contributed by atoms with Crippen molar-refractivity contribution >= 4 is 21.6 Å². The van der Waals surface area contributed by atoms with Gasteiger partial charge in [0.15, 0.2) is 0 Å². The number of halogens is 4. The second-order valence-electron chi connectivity index (χ2n) is 4.45. The third kappa shape index (κ3) is 4.18. The number of nitrogens with zero attached hydrogens (tertiary/aromatic N) is 2. The summed E-state index contributed by atoms with van der Waals surface area (Å²) < 4.78 is 36.8. The van der Waals surface area contributed by atoms with Crippen molar-refractivity contribution in [2.24, 2.45) is 0 Å². The molecule has 0 radical (unpaired) electrons. The lowest BCUT2D eigenvalue weighted by Gasteiger charge is -2.27. The van der Waals surface area contributed by atoms with Gasteiger partial charge in [-0.1, -0.05) is 0 Å². The minimum absolute atomic E-state index is 0.0824. The van der Waals surface area contributed by atoms with Crippen LogP contribution in [0.5, 0.6) is 0 Å². The Kier molecular flexibility index (Phi) is 5.16. The van der Waals surface area contributed by atoms with Crippen LogP contribution in [-0.4, -0.2) is 44.9 Å². The second kappa shape index (κ2) is 6.10. The molecule has 1 rings (SSSR count). The van der Waals surface area contributed by atoms with Gasteiger partial charge < -0.3 is 15.5 Å². The van der Waals surface area contributed by atoms with E-state index in [0.29, 0.717) is 0 Å². The molecule has 0 bridgehead atoms. The molecule has 0 unspecified atom stereocenters. The molecule has 6 nitrogen and oxygen atoms in total. The van der Waals surface area contributed by atoms with Crippen LogP contribution in [0, 0.1) is 0 Å². The van der Waals surface area contributed by atoms with E-state index in [1.807, 2.05) is 0 Å². The van der Waals surface area contributed by atoms with Crippen LogP contribution in [-0.2, 0) is 6.54 Å². The molecule has 0 aliphatic rings. The van der Waals surface area contributed by atoms with Crippen molar-refractivity contribution in [3.63, 3.8) is 0 Å². The SMILES string of the molecule is CC(CO)(CO)Nc1cnn(CC(F)(F)F)c(=O)c1Br. The summed E-state index contributed by atoms with van der Waals surface area (Å²) in [5, 5.41) is 24.3. The van der Waals surface area contributed by atoms with Gasteiger partial charge in [-0.2, -0.15) is 18.3 Å². The Bertz CT molecular complexity index is 529. The van der Waals surface area contributed by atoms with Crippen LogP contribution in [0.15, 0.2) is 15.5 Å². The van der Waals surface area contributed by atoms with Crippen LogP contribution in [0.1, 0.15) is 6.92 Å². The second-order valence-corrected chi connectivity index (χ2v) is 5.25. The van der Waals surface area contributed by atoms with Crippen molar-refractivity contribution in [2.75, 3.05) is 18.5 Å². The van der Waals surface area contributed by atoms with Gasteiger partial charge in [0.05, 0.1) is 30.6 Å². The molecule has 114 valence electrons. The Balaban J connectivity index is 3.10. The molecule has 1 aromatic rings. The molecule has 0 aromatic carbocycles. The average Bonchev–Trinajstić information content (AvgIpc) is 2.37. The molecule has 0 fully saturated rings. The number of aliphatic hydroxyl groups excluding tert-OH is 2. The summed E-state index contributed by atoms with van der Waals surface area (Å²) in [6, 6.07) is 0. The number of anilines is 1. The topological polar surface area (TPSA) is 87.4 Å². The standard InChI is InChI=1S/C10H13BrF3N3O3/c1-9(4-18,5-19)16-6-2-15-17(3-10(12,13)14)8(20)7(6)11/h2,16,18-19H,3-5H2,1H3. The zero-order valence-corrected chi connectivity index (χ0v) is 12.0. The highest BCUT2D eigenvalue weighted by atomic mass is 79.9. The van der Waals surface area contributed by atoms with Crippen LogP contribution in [0.3, 0.4) is 0 Å². The summed E-state index contributed by atoms with van der Waals surface area (Å²) >= 11 is 2.88. The normalized spacial score (nSPS) is 12.6. The highest BCUT2D eigenvalue weighted by molar-refractivity contribution is 9.10. The quantitative estimate of drug-likeness (QED) is 0.721. The van der Waals surface area contributed by atoms with E-state index in [4.69, 9.17) is 10.2 Å². The summed E-state index contributed by atoms with van der Waals surface area (Å²) in [5.74, 6) is 0. The van der Waals surface area contributed by atoms with Crippen molar-refractivity contribution in [3.8, 4) is 0 Å². The van der Waals surface area contributed by atoms with Crippen LogP contribution in [0.4, 0.5) is 18.9 Å². The Morgan fingerprint density at radius 3 is 2.40 bits per heavy atom. The smallest absolute Gasteiger partial charge is 0.394 e. The first kappa shape index (κ1) is 16.9. The third-order valence-electron chi connectivity index (χ3n) is 2.45. The van der Waals surface area contributed by atoms with Gasteiger partial charge in [-0.05, 0) is 22.9 Å². The molecule has 0 amide bonds. The molecule has 0 saturated heterocycles. The lowest BCUT2D eigenvalue weighted by molar-refractivity contribution is -0.143. The maximum atomic E-state index is 12.2. The fourth-order valence-corrected chi connectivity index (χ4v) is 1.70. The molecule has 0 spiro atoms. The molecule has 0 aliphatic heterocycles. The fraction of sp³-hybridized carbons (Fsp3) is 0.600. The van der Waals surface area contributed by atoms with E-state index in [1.54, 1.807) is 0 Å². The number of alkyl halides is 3. The highest BCUT2D eigenvalue weighted by Crippen LogP contribution is 2.22. The predicted octanol–water partition coefficient (Wildman–Crippen LogP) is 0.723. The van der Waals surface area contributed by atoms with Crippen molar-refractivity contribution in [2.45, 2.75) is 25.2 Å². The Hall–Kier alpha value is -1.13. The van der Waals surface area contributed by atoms with Gasteiger partial charge in [-0.15, -0.1) is 0 Å². The van der Waals surface area contributed by atoms with Gasteiger partial charge >= 0.3 is 6.18 Å². The summed E-state index contributed by atoms with van der Waals surface area (Å²) in [4.78, 5) is 11.7. The van der Waals surface area contributed by atoms with Gasteiger partial charge in [-0.25, -0.2) is 4.68 Å². The lowest BCUT2D eigenvalue weighted by atomic mass is 10.1. The Morgan fingerprint density at radius 2 is 1.95 bits per heavy atom. The molecule has 1 aromatic heterocycles. The zero-order valence-electron chi connectivity index (χ0n) is 10.4. The molecule has 0 saturated carbocycles. The first-order valence-electron chi connectivity index (χ1n) is 5.44. The van der Waals surface area contributed by atoms with Crippen LogP contribution in [0.25, 0.3) is 0 Å². The summed E-state index contributed by atoms with van der Waals surface area (Å²) in [6.07, 6.45) is -3.54. The predicted molar refractivity (Wildman–Crippen MR) is 68.5 cm³/mol. The first-order chi connectivity index (χ1) is 9.12. The van der Waals surface area contributed by atoms with E-state index in [2.05, 4.69) is 26.3 Å². The van der Waals surface area contributed by atoms with E-state index >= 15 is 0 Å².